The normalized spacial score (nSPS) is 31.5. The molecule has 1 atom stereocenters. The zero-order valence-electron chi connectivity index (χ0n) is 8.02. The molecule has 0 aromatic heterocycles. The predicted molar refractivity (Wildman–Crippen MR) is 52.2 cm³/mol. The Morgan fingerprint density at radius 2 is 1.75 bits per heavy atom. The SMILES string of the molecule is C1CCC(CCC2CCCN2)C1. The van der Waals surface area contributed by atoms with Crippen molar-refractivity contribution in [1.29, 1.82) is 0 Å². The van der Waals surface area contributed by atoms with Gasteiger partial charge in [-0.15, -0.1) is 0 Å². The van der Waals surface area contributed by atoms with E-state index in [1.54, 1.807) is 0 Å². The van der Waals surface area contributed by atoms with Crippen molar-refractivity contribution < 1.29 is 0 Å². The molecular formula is C11H21N. The van der Waals surface area contributed by atoms with Gasteiger partial charge < -0.3 is 5.32 Å². The Morgan fingerprint density at radius 3 is 2.42 bits per heavy atom. The summed E-state index contributed by atoms with van der Waals surface area (Å²) in [4.78, 5) is 0. The van der Waals surface area contributed by atoms with Crippen molar-refractivity contribution in [3.05, 3.63) is 0 Å². The van der Waals surface area contributed by atoms with Gasteiger partial charge in [-0.3, -0.25) is 0 Å². The van der Waals surface area contributed by atoms with Crippen LogP contribution < -0.4 is 5.32 Å². The molecule has 0 amide bonds. The molecule has 1 aliphatic heterocycles. The van der Waals surface area contributed by atoms with Crippen LogP contribution in [0.25, 0.3) is 0 Å². The second-order valence-corrected chi connectivity index (χ2v) is 4.52. The van der Waals surface area contributed by atoms with Crippen molar-refractivity contribution >= 4 is 0 Å². The summed E-state index contributed by atoms with van der Waals surface area (Å²) in [5, 5.41) is 3.58. The van der Waals surface area contributed by atoms with E-state index in [1.165, 1.54) is 57.9 Å². The highest BCUT2D eigenvalue weighted by Crippen LogP contribution is 2.29. The summed E-state index contributed by atoms with van der Waals surface area (Å²) in [6, 6.07) is 0.880. The van der Waals surface area contributed by atoms with E-state index in [1.807, 2.05) is 0 Å². The Hall–Kier alpha value is -0.0400. The number of hydrogen-bond acceptors (Lipinski definition) is 1. The minimum atomic E-state index is 0.880. The average molecular weight is 167 g/mol. The highest BCUT2D eigenvalue weighted by Gasteiger charge is 2.18. The first kappa shape index (κ1) is 8.55. The second-order valence-electron chi connectivity index (χ2n) is 4.52. The second kappa shape index (κ2) is 4.27. The first-order chi connectivity index (χ1) is 5.95. The number of rotatable bonds is 3. The monoisotopic (exact) mass is 167 g/mol. The van der Waals surface area contributed by atoms with Gasteiger partial charge in [-0.25, -0.2) is 0 Å². The van der Waals surface area contributed by atoms with E-state index < -0.39 is 0 Å². The fourth-order valence-corrected chi connectivity index (χ4v) is 2.74. The Kier molecular flexibility index (Phi) is 3.04. The van der Waals surface area contributed by atoms with Gasteiger partial charge in [-0.05, 0) is 38.1 Å². The van der Waals surface area contributed by atoms with E-state index in [2.05, 4.69) is 5.32 Å². The topological polar surface area (TPSA) is 12.0 Å². The summed E-state index contributed by atoms with van der Waals surface area (Å²) in [5.74, 6) is 1.09. The van der Waals surface area contributed by atoms with Crippen molar-refractivity contribution in [2.45, 2.75) is 57.4 Å². The van der Waals surface area contributed by atoms with E-state index in [0.29, 0.717) is 0 Å². The molecule has 1 N–H and O–H groups in total. The molecule has 0 radical (unpaired) electrons. The largest absolute Gasteiger partial charge is 0.314 e. The molecule has 2 rings (SSSR count). The fourth-order valence-electron chi connectivity index (χ4n) is 2.74. The molecule has 2 aliphatic rings. The molecule has 1 nitrogen and oxygen atoms in total. The van der Waals surface area contributed by atoms with Gasteiger partial charge in [-0.1, -0.05) is 25.7 Å². The van der Waals surface area contributed by atoms with Crippen molar-refractivity contribution in [1.82, 2.24) is 5.32 Å². The van der Waals surface area contributed by atoms with E-state index in [4.69, 9.17) is 0 Å². The lowest BCUT2D eigenvalue weighted by molar-refractivity contribution is 0.432. The summed E-state index contributed by atoms with van der Waals surface area (Å²) in [6.45, 7) is 1.27. The van der Waals surface area contributed by atoms with Gasteiger partial charge in [0.2, 0.25) is 0 Å². The van der Waals surface area contributed by atoms with Crippen LogP contribution in [0.1, 0.15) is 51.4 Å². The molecule has 1 saturated carbocycles. The van der Waals surface area contributed by atoms with Gasteiger partial charge in [0, 0.05) is 6.04 Å². The Labute approximate surface area is 75.9 Å². The smallest absolute Gasteiger partial charge is 0.00676 e. The maximum absolute atomic E-state index is 3.58. The van der Waals surface area contributed by atoms with Crippen LogP contribution in [0.15, 0.2) is 0 Å². The van der Waals surface area contributed by atoms with E-state index in [-0.39, 0.29) is 0 Å². The molecule has 0 spiro atoms. The van der Waals surface area contributed by atoms with Gasteiger partial charge in [0.05, 0.1) is 0 Å². The fraction of sp³-hybridized carbons (Fsp3) is 1.00. The van der Waals surface area contributed by atoms with Crippen molar-refractivity contribution in [2.24, 2.45) is 5.92 Å². The third-order valence-corrected chi connectivity index (χ3v) is 3.56. The predicted octanol–water partition coefficient (Wildman–Crippen LogP) is 2.71. The first-order valence-electron chi connectivity index (χ1n) is 5.68. The minimum Gasteiger partial charge on any atom is -0.314 e. The minimum absolute atomic E-state index is 0.880. The van der Waals surface area contributed by atoms with Crippen LogP contribution >= 0.6 is 0 Å². The summed E-state index contributed by atoms with van der Waals surface area (Å²) in [7, 11) is 0. The maximum Gasteiger partial charge on any atom is 0.00676 e. The molecule has 0 bridgehead atoms. The first-order valence-corrected chi connectivity index (χ1v) is 5.68. The molecule has 0 aromatic rings. The lowest BCUT2D eigenvalue weighted by Crippen LogP contribution is -2.21. The molecule has 1 aliphatic carbocycles. The molecule has 70 valence electrons. The highest BCUT2D eigenvalue weighted by molar-refractivity contribution is 4.76. The quantitative estimate of drug-likeness (QED) is 0.681. The van der Waals surface area contributed by atoms with Gasteiger partial charge in [0.1, 0.15) is 0 Å². The number of nitrogens with one attached hydrogen (secondary N) is 1. The van der Waals surface area contributed by atoms with Crippen LogP contribution in [0, 0.1) is 5.92 Å². The van der Waals surface area contributed by atoms with Gasteiger partial charge in [0.15, 0.2) is 0 Å². The van der Waals surface area contributed by atoms with Crippen LogP contribution in [0.3, 0.4) is 0 Å². The van der Waals surface area contributed by atoms with Crippen molar-refractivity contribution in [3.63, 3.8) is 0 Å². The van der Waals surface area contributed by atoms with Crippen molar-refractivity contribution in [3.8, 4) is 0 Å². The number of hydrogen-bond donors (Lipinski definition) is 1. The zero-order valence-corrected chi connectivity index (χ0v) is 8.02. The average Bonchev–Trinajstić information content (AvgIpc) is 2.74. The molecule has 1 heteroatoms. The summed E-state index contributed by atoms with van der Waals surface area (Å²) < 4.78 is 0. The molecule has 12 heavy (non-hydrogen) atoms. The third kappa shape index (κ3) is 2.22. The van der Waals surface area contributed by atoms with Crippen LogP contribution in [0.2, 0.25) is 0 Å². The third-order valence-electron chi connectivity index (χ3n) is 3.56. The molecule has 1 heterocycles. The van der Waals surface area contributed by atoms with Crippen molar-refractivity contribution in [2.75, 3.05) is 6.54 Å². The van der Waals surface area contributed by atoms with Crippen LogP contribution in [0.4, 0.5) is 0 Å². The van der Waals surface area contributed by atoms with E-state index in [9.17, 15) is 0 Å². The van der Waals surface area contributed by atoms with Gasteiger partial charge in [0.25, 0.3) is 0 Å². The highest BCUT2D eigenvalue weighted by atomic mass is 14.9. The summed E-state index contributed by atoms with van der Waals surface area (Å²) >= 11 is 0. The van der Waals surface area contributed by atoms with E-state index in [0.717, 1.165) is 12.0 Å². The van der Waals surface area contributed by atoms with Crippen LogP contribution in [-0.4, -0.2) is 12.6 Å². The van der Waals surface area contributed by atoms with Crippen LogP contribution in [0.5, 0.6) is 0 Å². The molecule has 1 unspecified atom stereocenters. The Morgan fingerprint density at radius 1 is 0.917 bits per heavy atom. The lowest BCUT2D eigenvalue weighted by Gasteiger charge is -2.13. The van der Waals surface area contributed by atoms with Gasteiger partial charge >= 0.3 is 0 Å². The standard InChI is InChI=1S/C11H21N/c1-2-5-10(4-1)7-8-11-6-3-9-12-11/h10-12H,1-9H2. The molecule has 2 fully saturated rings. The Bertz CT molecular complexity index is 105. The van der Waals surface area contributed by atoms with Crippen LogP contribution in [-0.2, 0) is 0 Å². The summed E-state index contributed by atoms with van der Waals surface area (Å²) in [5.41, 5.74) is 0. The maximum atomic E-state index is 3.58. The Balaban J connectivity index is 1.60. The lowest BCUT2D eigenvalue weighted by atomic mass is 9.98. The van der Waals surface area contributed by atoms with E-state index >= 15 is 0 Å². The molecular weight excluding hydrogens is 146 g/mol. The summed E-state index contributed by atoms with van der Waals surface area (Å²) in [6.07, 6.45) is 11.8. The zero-order chi connectivity index (χ0) is 8.23. The molecule has 0 aromatic carbocycles. The molecule has 1 saturated heterocycles. The van der Waals surface area contributed by atoms with Gasteiger partial charge in [-0.2, -0.15) is 0 Å².